The fourth-order valence-corrected chi connectivity index (χ4v) is 15.4. The zero-order valence-electron chi connectivity index (χ0n) is 71.8. The molecule has 11 aromatic carbocycles. The first kappa shape index (κ1) is 55.9. The van der Waals surface area contributed by atoms with Gasteiger partial charge in [0.05, 0.1) is 25.1 Å². The summed E-state index contributed by atoms with van der Waals surface area (Å²) in [5.74, 6) is 0.173. The van der Waals surface area contributed by atoms with Crippen LogP contribution in [0.3, 0.4) is 0 Å². The lowest BCUT2D eigenvalue weighted by Gasteiger charge is -2.46. The highest BCUT2D eigenvalue weighted by Crippen LogP contribution is 2.56. The Morgan fingerprint density at radius 2 is 0.576 bits per heavy atom. The maximum atomic E-state index is 9.69. The quantitative estimate of drug-likeness (QED) is 0.133. The van der Waals surface area contributed by atoms with Crippen molar-refractivity contribution < 1.29 is 13.7 Å². The van der Waals surface area contributed by atoms with Gasteiger partial charge in [-0.25, -0.2) is 0 Å². The molecule has 0 atom stereocenters. The van der Waals surface area contributed by atoms with Gasteiger partial charge in [0, 0.05) is 45.0 Å². The molecule has 99 heavy (non-hydrogen) atoms. The summed E-state index contributed by atoms with van der Waals surface area (Å²) in [6.07, 6.45) is 5.28. The van der Waals surface area contributed by atoms with Gasteiger partial charge < -0.3 is 9.80 Å². The minimum absolute atomic E-state index is 0.0709. The molecule has 2 aliphatic heterocycles. The third kappa shape index (κ3) is 12.9. The molecule has 0 aromatic heterocycles. The zero-order valence-corrected chi connectivity index (χ0v) is 61.8. The number of rotatable bonds is 9. The maximum Gasteiger partial charge on any atom is 0.252 e. The number of nitrogens with zero attached hydrogens (tertiary/aromatic N) is 2. The Bertz CT molecular complexity index is 4910. The van der Waals surface area contributed by atoms with Crippen LogP contribution in [0.25, 0.3) is 66.8 Å². The first-order valence-electron chi connectivity index (χ1n) is 41.0. The molecule has 500 valence electrons. The topological polar surface area (TPSA) is 6.48 Å². The summed E-state index contributed by atoms with van der Waals surface area (Å²) >= 11 is 0. The van der Waals surface area contributed by atoms with Crippen LogP contribution in [-0.4, -0.2) is 6.71 Å². The van der Waals surface area contributed by atoms with Crippen molar-refractivity contribution in [3.8, 4) is 66.8 Å². The molecule has 14 rings (SSSR count). The molecule has 2 heterocycles. The summed E-state index contributed by atoms with van der Waals surface area (Å²) in [6.45, 7) is 40.0. The normalized spacial score (nSPS) is 15.9. The number of hydrogen-bond donors (Lipinski definition) is 0. The lowest BCUT2D eigenvalue weighted by atomic mass is 9.33. The molecule has 11 aromatic rings. The molecule has 1 fully saturated rings. The number of anilines is 6. The van der Waals surface area contributed by atoms with Gasteiger partial charge in [-0.05, 0) is 200 Å². The van der Waals surface area contributed by atoms with Crippen molar-refractivity contribution in [1.29, 1.82) is 0 Å². The average molecular weight is 1310 g/mol. The highest BCUT2D eigenvalue weighted by molar-refractivity contribution is 7.00. The van der Waals surface area contributed by atoms with E-state index in [0.717, 1.165) is 138 Å². The Morgan fingerprint density at radius 1 is 0.293 bits per heavy atom. The maximum absolute atomic E-state index is 9.69. The summed E-state index contributed by atoms with van der Waals surface area (Å²) in [5.41, 5.74) is 24.1. The smallest absolute Gasteiger partial charge is 0.252 e. The molecule has 0 saturated heterocycles. The largest absolute Gasteiger partial charge is 0.310 e. The molecule has 1 saturated carbocycles. The van der Waals surface area contributed by atoms with E-state index >= 15 is 0 Å². The van der Waals surface area contributed by atoms with E-state index in [4.69, 9.17) is 2.74 Å². The SMILES string of the molecule is [2H]c1c([2H])c([2H])c(-c2ccc3c(c2)B2c4cc(-c5c([2H])c([2H])c([2H])c([2H])c5[2H])ccc4N(c4c(-c5ccc(C(C)(C)C)cc5)cc(C(C)(C)C)cc4-c4ccc(C(C)(C)C)cc4)c4cc(C5CCCCC5)cc(c42)N3c2c(-c3ccc(C(C)(C)C)cc3)cc(C(C)(C)C)cc2-c2ccc(C(C)(C)C)cc2)c([2H])c1[2H]. The van der Waals surface area contributed by atoms with Crippen molar-refractivity contribution in [3.63, 3.8) is 0 Å². The second-order valence-corrected chi connectivity index (χ2v) is 34.6. The second-order valence-electron chi connectivity index (χ2n) is 34.6. The van der Waals surface area contributed by atoms with Crippen LogP contribution in [-0.2, 0) is 32.5 Å². The van der Waals surface area contributed by atoms with Gasteiger partial charge in [0.2, 0.25) is 0 Å². The molecule has 0 bridgehead atoms. The van der Waals surface area contributed by atoms with Gasteiger partial charge in [0.15, 0.2) is 0 Å². The monoisotopic (exact) mass is 1300 g/mol. The van der Waals surface area contributed by atoms with E-state index in [1.165, 1.54) is 27.8 Å². The van der Waals surface area contributed by atoms with Crippen molar-refractivity contribution >= 4 is 57.2 Å². The molecule has 0 unspecified atom stereocenters. The van der Waals surface area contributed by atoms with E-state index in [9.17, 15) is 11.0 Å². The minimum atomic E-state index is -0.715. The van der Waals surface area contributed by atoms with Crippen LogP contribution in [0.5, 0.6) is 0 Å². The molecule has 0 radical (unpaired) electrons. The van der Waals surface area contributed by atoms with Crippen LogP contribution in [0.15, 0.2) is 230 Å². The Hall–Kier alpha value is -8.92. The summed E-state index contributed by atoms with van der Waals surface area (Å²) in [7, 11) is 0. The standard InChI is InChI=1S/C96H103BN2/c1-91(2,3)72-44-34-65(35-45-72)78-58-76(95(13,14)15)59-79(66-36-46-73(47-37-66)92(4,5)6)89(78)98-84-52-42-69(62-28-22-19-23-29-62)54-82(84)97-83-55-70(63-30-24-20-25-31-63)43-53-85(83)99(87-57-71(56-86(98)88(87)97)64-32-26-21-27-33-64)90-80(67-38-48-74(49-39-67)93(7,8)9)60-77(96(16,17)18)61-81(90)68-40-50-75(51-41-68)94(10,11)12/h19-20,22-25,28-31,34-61,64H,21,26-27,32-33H2,1-18H3/i19D,20D,22D,23D,24D,25D,28D,29D,30D,31D. The molecular weight excluding hydrogens is 1190 g/mol. The van der Waals surface area contributed by atoms with Gasteiger partial charge in [0.25, 0.3) is 6.71 Å². The van der Waals surface area contributed by atoms with Gasteiger partial charge >= 0.3 is 0 Å². The molecule has 1 aliphatic carbocycles. The molecule has 2 nitrogen and oxygen atoms in total. The predicted molar refractivity (Wildman–Crippen MR) is 431 cm³/mol. The van der Waals surface area contributed by atoms with Crippen molar-refractivity contribution in [3.05, 3.63) is 269 Å². The van der Waals surface area contributed by atoms with Crippen LogP contribution in [0, 0.1) is 0 Å². The summed E-state index contributed by atoms with van der Waals surface area (Å²) in [5, 5.41) is 0. The fraction of sp³-hybridized carbons (Fsp3) is 0.312. The fourth-order valence-electron chi connectivity index (χ4n) is 15.4. The number of hydrogen-bond acceptors (Lipinski definition) is 2. The number of benzene rings is 11. The number of fused-ring (bicyclic) bond motifs is 4. The third-order valence-corrected chi connectivity index (χ3v) is 21.4. The van der Waals surface area contributed by atoms with Gasteiger partial charge in [-0.2, -0.15) is 0 Å². The summed E-state index contributed by atoms with van der Waals surface area (Å²) < 4.78 is 93.2. The van der Waals surface area contributed by atoms with Crippen LogP contribution in [0.1, 0.15) is 215 Å². The summed E-state index contributed by atoms with van der Waals surface area (Å²) in [6, 6.07) is 59.2. The van der Waals surface area contributed by atoms with Crippen molar-refractivity contribution in [2.24, 2.45) is 0 Å². The average Bonchev–Trinajstić information content (AvgIpc) is 0.683. The van der Waals surface area contributed by atoms with Gasteiger partial charge in [-0.3, -0.25) is 0 Å². The van der Waals surface area contributed by atoms with E-state index in [0.29, 0.717) is 11.1 Å². The second kappa shape index (κ2) is 25.1. The van der Waals surface area contributed by atoms with Crippen LogP contribution in [0.2, 0.25) is 0 Å². The van der Waals surface area contributed by atoms with Gasteiger partial charge in [-0.1, -0.05) is 326 Å². The first-order chi connectivity index (χ1) is 51.0. The highest BCUT2D eigenvalue weighted by atomic mass is 15.2. The van der Waals surface area contributed by atoms with E-state index in [-0.39, 0.29) is 73.7 Å². The predicted octanol–water partition coefficient (Wildman–Crippen LogP) is 25.6. The molecule has 3 aliphatic rings. The van der Waals surface area contributed by atoms with Crippen LogP contribution in [0.4, 0.5) is 34.1 Å². The van der Waals surface area contributed by atoms with E-state index in [1.54, 1.807) is 0 Å². The Labute approximate surface area is 608 Å². The van der Waals surface area contributed by atoms with Crippen molar-refractivity contribution in [2.45, 2.75) is 195 Å². The molecular formula is C96H103BN2. The minimum Gasteiger partial charge on any atom is -0.310 e. The van der Waals surface area contributed by atoms with E-state index < -0.39 is 43.0 Å². The van der Waals surface area contributed by atoms with E-state index in [1.807, 2.05) is 12.1 Å². The molecule has 0 amide bonds. The van der Waals surface area contributed by atoms with Crippen LogP contribution >= 0.6 is 0 Å². The zero-order chi connectivity index (χ0) is 78.6. The van der Waals surface area contributed by atoms with Gasteiger partial charge in [-0.15, -0.1) is 0 Å². The first-order valence-corrected chi connectivity index (χ1v) is 36.0. The third-order valence-electron chi connectivity index (χ3n) is 21.4. The Kier molecular flexibility index (Phi) is 14.2. The molecule has 3 heteroatoms. The summed E-state index contributed by atoms with van der Waals surface area (Å²) in [4.78, 5) is 5.03. The Morgan fingerprint density at radius 3 is 0.859 bits per heavy atom. The lowest BCUT2D eigenvalue weighted by Crippen LogP contribution is -2.61. The molecule has 0 spiro atoms. The lowest BCUT2D eigenvalue weighted by molar-refractivity contribution is 0.444. The Balaban J connectivity index is 1.23. The highest BCUT2D eigenvalue weighted by Gasteiger charge is 2.47. The molecule has 0 N–H and O–H groups in total. The van der Waals surface area contributed by atoms with Crippen molar-refractivity contribution in [1.82, 2.24) is 0 Å². The van der Waals surface area contributed by atoms with Gasteiger partial charge in [0.1, 0.15) is 0 Å². The van der Waals surface area contributed by atoms with Crippen molar-refractivity contribution in [2.75, 3.05) is 9.80 Å². The van der Waals surface area contributed by atoms with Crippen LogP contribution < -0.4 is 26.2 Å². The van der Waals surface area contributed by atoms with E-state index in [2.05, 4.69) is 292 Å².